The van der Waals surface area contributed by atoms with Crippen molar-refractivity contribution in [3.05, 3.63) is 0 Å². The third-order valence-electron chi connectivity index (χ3n) is 2.44. The SMILES string of the molecule is CC1(C)CN(CC(O)CO)CC(CO)O1. The normalized spacial score (nSPS) is 29.0. The molecule has 0 amide bonds. The van der Waals surface area contributed by atoms with Gasteiger partial charge in [0.25, 0.3) is 0 Å². The lowest BCUT2D eigenvalue weighted by Crippen LogP contribution is -2.55. The average molecular weight is 219 g/mol. The van der Waals surface area contributed by atoms with Crippen molar-refractivity contribution in [1.29, 1.82) is 0 Å². The lowest BCUT2D eigenvalue weighted by molar-refractivity contribution is -0.153. The van der Waals surface area contributed by atoms with Crippen LogP contribution in [0, 0.1) is 0 Å². The molecule has 0 aromatic carbocycles. The Morgan fingerprint density at radius 3 is 2.67 bits per heavy atom. The van der Waals surface area contributed by atoms with Crippen LogP contribution in [0.4, 0.5) is 0 Å². The van der Waals surface area contributed by atoms with Crippen molar-refractivity contribution in [3.8, 4) is 0 Å². The van der Waals surface area contributed by atoms with E-state index in [4.69, 9.17) is 14.9 Å². The van der Waals surface area contributed by atoms with Gasteiger partial charge in [0.1, 0.15) is 0 Å². The number of β-amino-alcohol motifs (C(OH)–C–C–N with tert-alkyl or cyclic N) is 1. The Kier molecular flexibility index (Phi) is 4.48. The second kappa shape index (κ2) is 5.23. The summed E-state index contributed by atoms with van der Waals surface area (Å²) in [5.74, 6) is 0. The molecule has 1 heterocycles. The smallest absolute Gasteiger partial charge is 0.0940 e. The third-order valence-corrected chi connectivity index (χ3v) is 2.44. The molecule has 1 aliphatic rings. The van der Waals surface area contributed by atoms with E-state index in [0.717, 1.165) is 0 Å². The van der Waals surface area contributed by atoms with Gasteiger partial charge >= 0.3 is 0 Å². The maximum atomic E-state index is 9.34. The molecule has 0 radical (unpaired) electrons. The molecular formula is C10H21NO4. The van der Waals surface area contributed by atoms with Gasteiger partial charge in [0.2, 0.25) is 0 Å². The van der Waals surface area contributed by atoms with Gasteiger partial charge in [0.05, 0.1) is 31.0 Å². The maximum Gasteiger partial charge on any atom is 0.0940 e. The fourth-order valence-electron chi connectivity index (χ4n) is 2.01. The molecule has 1 saturated heterocycles. The van der Waals surface area contributed by atoms with E-state index in [2.05, 4.69) is 0 Å². The number of morpholine rings is 1. The molecule has 0 aromatic rings. The molecule has 5 nitrogen and oxygen atoms in total. The zero-order valence-electron chi connectivity index (χ0n) is 9.39. The highest BCUT2D eigenvalue weighted by Crippen LogP contribution is 2.20. The van der Waals surface area contributed by atoms with Crippen molar-refractivity contribution in [3.63, 3.8) is 0 Å². The highest BCUT2D eigenvalue weighted by atomic mass is 16.5. The number of nitrogens with zero attached hydrogens (tertiary/aromatic N) is 1. The Hall–Kier alpha value is -0.200. The predicted molar refractivity (Wildman–Crippen MR) is 55.6 cm³/mol. The highest BCUT2D eigenvalue weighted by molar-refractivity contribution is 4.84. The lowest BCUT2D eigenvalue weighted by atomic mass is 10.0. The first-order valence-corrected chi connectivity index (χ1v) is 5.27. The molecule has 1 rings (SSSR count). The molecular weight excluding hydrogens is 198 g/mol. The maximum absolute atomic E-state index is 9.34. The molecule has 2 atom stereocenters. The summed E-state index contributed by atoms with van der Waals surface area (Å²) in [6, 6.07) is 0. The number of aliphatic hydroxyl groups is 3. The van der Waals surface area contributed by atoms with Gasteiger partial charge in [-0.1, -0.05) is 0 Å². The molecule has 0 bridgehead atoms. The minimum Gasteiger partial charge on any atom is -0.394 e. The first kappa shape index (κ1) is 12.9. The number of aliphatic hydroxyl groups excluding tert-OH is 3. The van der Waals surface area contributed by atoms with Gasteiger partial charge in [-0.05, 0) is 13.8 Å². The van der Waals surface area contributed by atoms with Crippen molar-refractivity contribution in [2.45, 2.75) is 31.7 Å². The molecule has 1 aliphatic heterocycles. The Balaban J connectivity index is 2.50. The summed E-state index contributed by atoms with van der Waals surface area (Å²) < 4.78 is 5.63. The van der Waals surface area contributed by atoms with E-state index in [-0.39, 0.29) is 24.9 Å². The molecule has 2 unspecified atom stereocenters. The summed E-state index contributed by atoms with van der Waals surface area (Å²) in [6.07, 6.45) is -0.933. The van der Waals surface area contributed by atoms with E-state index >= 15 is 0 Å². The van der Waals surface area contributed by atoms with Gasteiger partial charge in [0.15, 0.2) is 0 Å². The molecule has 3 N–H and O–H groups in total. The number of hydrogen-bond acceptors (Lipinski definition) is 5. The summed E-state index contributed by atoms with van der Waals surface area (Å²) in [6.45, 7) is 5.36. The molecule has 0 saturated carbocycles. The van der Waals surface area contributed by atoms with Crippen LogP contribution >= 0.6 is 0 Å². The van der Waals surface area contributed by atoms with Crippen LogP contribution < -0.4 is 0 Å². The fraction of sp³-hybridized carbons (Fsp3) is 1.00. The van der Waals surface area contributed by atoms with Gasteiger partial charge in [0, 0.05) is 19.6 Å². The van der Waals surface area contributed by atoms with Crippen LogP contribution in [0.3, 0.4) is 0 Å². The Morgan fingerprint density at radius 1 is 1.47 bits per heavy atom. The summed E-state index contributed by atoms with van der Waals surface area (Å²) in [5, 5.41) is 27.2. The summed E-state index contributed by atoms with van der Waals surface area (Å²) in [7, 11) is 0. The van der Waals surface area contributed by atoms with E-state index < -0.39 is 6.10 Å². The van der Waals surface area contributed by atoms with Crippen LogP contribution in [0.15, 0.2) is 0 Å². The molecule has 0 spiro atoms. The number of hydrogen-bond donors (Lipinski definition) is 3. The second-order valence-electron chi connectivity index (χ2n) is 4.71. The van der Waals surface area contributed by atoms with Gasteiger partial charge in [-0.3, -0.25) is 4.90 Å². The molecule has 5 heteroatoms. The van der Waals surface area contributed by atoms with Gasteiger partial charge in [-0.2, -0.15) is 0 Å². The summed E-state index contributed by atoms with van der Waals surface area (Å²) in [4.78, 5) is 2.01. The van der Waals surface area contributed by atoms with Gasteiger partial charge in [-0.15, -0.1) is 0 Å². The van der Waals surface area contributed by atoms with E-state index in [1.54, 1.807) is 0 Å². The van der Waals surface area contributed by atoms with Crippen LogP contribution in [-0.4, -0.2) is 70.9 Å². The van der Waals surface area contributed by atoms with Crippen molar-refractivity contribution in [1.82, 2.24) is 4.90 Å². The first-order valence-electron chi connectivity index (χ1n) is 5.27. The Morgan fingerprint density at radius 2 is 2.13 bits per heavy atom. The van der Waals surface area contributed by atoms with Crippen LogP contribution in [-0.2, 0) is 4.74 Å². The van der Waals surface area contributed by atoms with Crippen LogP contribution in [0.1, 0.15) is 13.8 Å². The minimum absolute atomic E-state index is 0.0187. The van der Waals surface area contributed by atoms with Crippen molar-refractivity contribution >= 4 is 0 Å². The number of ether oxygens (including phenoxy) is 1. The standard InChI is InChI=1S/C10H21NO4/c1-10(2)7-11(3-8(14)5-12)4-9(6-13)15-10/h8-9,12-14H,3-7H2,1-2H3. The van der Waals surface area contributed by atoms with Crippen LogP contribution in [0.2, 0.25) is 0 Å². The van der Waals surface area contributed by atoms with Crippen molar-refractivity contribution in [2.75, 3.05) is 32.8 Å². The quantitative estimate of drug-likeness (QED) is 0.554. The van der Waals surface area contributed by atoms with Crippen molar-refractivity contribution in [2.24, 2.45) is 0 Å². The first-order chi connectivity index (χ1) is 6.96. The Labute approximate surface area is 90.3 Å². The highest BCUT2D eigenvalue weighted by Gasteiger charge is 2.33. The summed E-state index contributed by atoms with van der Waals surface area (Å²) in [5.41, 5.74) is -0.319. The second-order valence-corrected chi connectivity index (χ2v) is 4.71. The monoisotopic (exact) mass is 219 g/mol. The third kappa shape index (κ3) is 4.04. The van der Waals surface area contributed by atoms with E-state index in [9.17, 15) is 5.11 Å². The zero-order chi connectivity index (χ0) is 11.5. The topological polar surface area (TPSA) is 73.2 Å². The number of rotatable bonds is 4. The molecule has 15 heavy (non-hydrogen) atoms. The van der Waals surface area contributed by atoms with Crippen molar-refractivity contribution < 1.29 is 20.1 Å². The summed E-state index contributed by atoms with van der Waals surface area (Å²) >= 11 is 0. The average Bonchev–Trinajstić information content (AvgIpc) is 2.15. The predicted octanol–water partition coefficient (Wildman–Crippen LogP) is -1.19. The fourth-order valence-corrected chi connectivity index (χ4v) is 2.01. The molecule has 90 valence electrons. The molecule has 0 aliphatic carbocycles. The molecule has 1 fully saturated rings. The Bertz CT molecular complexity index is 196. The van der Waals surface area contributed by atoms with E-state index in [1.807, 2.05) is 18.7 Å². The van der Waals surface area contributed by atoms with Crippen LogP contribution in [0.25, 0.3) is 0 Å². The van der Waals surface area contributed by atoms with Crippen LogP contribution in [0.5, 0.6) is 0 Å². The van der Waals surface area contributed by atoms with E-state index in [0.29, 0.717) is 19.6 Å². The van der Waals surface area contributed by atoms with Gasteiger partial charge in [-0.25, -0.2) is 0 Å². The molecule has 0 aromatic heterocycles. The van der Waals surface area contributed by atoms with Gasteiger partial charge < -0.3 is 20.1 Å². The zero-order valence-corrected chi connectivity index (χ0v) is 9.39. The van der Waals surface area contributed by atoms with E-state index in [1.165, 1.54) is 0 Å². The largest absolute Gasteiger partial charge is 0.394 e. The lowest BCUT2D eigenvalue weighted by Gasteiger charge is -2.42. The minimum atomic E-state index is -0.724.